The number of aryl methyl sites for hydroxylation is 1. The van der Waals surface area contributed by atoms with Gasteiger partial charge >= 0.3 is 0 Å². The molecule has 0 spiro atoms. The van der Waals surface area contributed by atoms with Gasteiger partial charge in [-0.2, -0.15) is 0 Å². The molecular weight excluding hydrogens is 292 g/mol. The molecule has 0 saturated heterocycles. The summed E-state index contributed by atoms with van der Waals surface area (Å²) in [5.41, 5.74) is 3.90. The highest BCUT2D eigenvalue weighted by Gasteiger charge is 2.32. The zero-order valence-corrected chi connectivity index (χ0v) is 13.8. The smallest absolute Gasteiger partial charge is 0.167 e. The number of hydrogen-bond donors (Lipinski definition) is 0. The monoisotopic (exact) mass is 310 g/mol. The number of rotatable bonds is 1. The minimum atomic E-state index is -0.0464. The first-order valence-corrected chi connectivity index (χ1v) is 8.24. The molecule has 0 bridgehead atoms. The third-order valence-electron chi connectivity index (χ3n) is 3.91. The molecule has 2 aromatic heterocycles. The normalized spacial score (nSPS) is 19.0. The molecule has 1 aliphatic rings. The standard InChI is InChI=1S/C18H18N2OS/c1-12-11-22-17(19-12)7-5-14-4-6-15-13(10-21)8-18(2,3)9-16(15)20-14/h4,6,10-11,13H,8-9H2,1-3H3. The molecule has 22 heavy (non-hydrogen) atoms. The first-order valence-electron chi connectivity index (χ1n) is 7.36. The second-order valence-electron chi connectivity index (χ2n) is 6.56. The topological polar surface area (TPSA) is 42.9 Å². The molecular formula is C18H18N2OS. The maximum atomic E-state index is 11.3. The van der Waals surface area contributed by atoms with Crippen LogP contribution in [0.15, 0.2) is 17.5 Å². The highest BCUT2D eigenvalue weighted by molar-refractivity contribution is 7.10. The first kappa shape index (κ1) is 14.9. The third kappa shape index (κ3) is 3.10. The molecule has 1 unspecified atom stereocenters. The largest absolute Gasteiger partial charge is 0.303 e. The molecule has 0 aromatic carbocycles. The van der Waals surface area contributed by atoms with Crippen LogP contribution in [0.1, 0.15) is 53.8 Å². The number of pyridine rings is 1. The van der Waals surface area contributed by atoms with Crippen molar-refractivity contribution in [3.05, 3.63) is 45.2 Å². The van der Waals surface area contributed by atoms with Crippen LogP contribution in [0.25, 0.3) is 0 Å². The summed E-state index contributed by atoms with van der Waals surface area (Å²) in [6, 6.07) is 3.91. The number of nitrogens with zero attached hydrogens (tertiary/aromatic N) is 2. The number of aromatic nitrogens is 2. The predicted molar refractivity (Wildman–Crippen MR) is 88.0 cm³/mol. The Hall–Kier alpha value is -1.99. The van der Waals surface area contributed by atoms with Crippen molar-refractivity contribution < 1.29 is 4.79 Å². The summed E-state index contributed by atoms with van der Waals surface area (Å²) in [6.07, 6.45) is 2.82. The SMILES string of the molecule is Cc1csc(C#Cc2ccc3c(n2)CC(C)(C)CC3C=O)n1. The van der Waals surface area contributed by atoms with Crippen molar-refractivity contribution in [3.8, 4) is 11.8 Å². The van der Waals surface area contributed by atoms with Crippen molar-refractivity contribution >= 4 is 17.6 Å². The summed E-state index contributed by atoms with van der Waals surface area (Å²) in [7, 11) is 0. The second-order valence-corrected chi connectivity index (χ2v) is 7.42. The molecule has 0 N–H and O–H groups in total. The Morgan fingerprint density at radius 2 is 2.14 bits per heavy atom. The van der Waals surface area contributed by atoms with E-state index in [2.05, 4.69) is 35.7 Å². The van der Waals surface area contributed by atoms with Crippen LogP contribution in [-0.2, 0) is 11.2 Å². The zero-order valence-electron chi connectivity index (χ0n) is 13.0. The summed E-state index contributed by atoms with van der Waals surface area (Å²) in [5, 5.41) is 2.80. The van der Waals surface area contributed by atoms with E-state index in [1.807, 2.05) is 24.4 Å². The van der Waals surface area contributed by atoms with Crippen molar-refractivity contribution in [2.45, 2.75) is 39.5 Å². The molecule has 112 valence electrons. The van der Waals surface area contributed by atoms with Gasteiger partial charge in [0.1, 0.15) is 12.0 Å². The van der Waals surface area contributed by atoms with Crippen LogP contribution in [0.2, 0.25) is 0 Å². The molecule has 2 aromatic rings. The van der Waals surface area contributed by atoms with Crippen LogP contribution in [-0.4, -0.2) is 16.3 Å². The molecule has 0 aliphatic heterocycles. The maximum absolute atomic E-state index is 11.3. The Kier molecular flexibility index (Phi) is 3.84. The minimum absolute atomic E-state index is 0.0464. The van der Waals surface area contributed by atoms with Crippen molar-refractivity contribution in [1.29, 1.82) is 0 Å². The molecule has 4 heteroatoms. The number of aldehydes is 1. The van der Waals surface area contributed by atoms with E-state index >= 15 is 0 Å². The minimum Gasteiger partial charge on any atom is -0.303 e. The quantitative estimate of drug-likeness (QED) is 0.598. The van der Waals surface area contributed by atoms with Gasteiger partial charge in [-0.25, -0.2) is 9.97 Å². The summed E-state index contributed by atoms with van der Waals surface area (Å²) in [5.74, 6) is 6.10. The lowest BCUT2D eigenvalue weighted by atomic mass is 9.71. The summed E-state index contributed by atoms with van der Waals surface area (Å²) >= 11 is 1.54. The highest BCUT2D eigenvalue weighted by Crippen LogP contribution is 2.40. The molecule has 1 atom stereocenters. The van der Waals surface area contributed by atoms with Gasteiger partial charge in [0.05, 0.1) is 0 Å². The van der Waals surface area contributed by atoms with E-state index in [-0.39, 0.29) is 11.3 Å². The fraction of sp³-hybridized carbons (Fsp3) is 0.389. The lowest BCUT2D eigenvalue weighted by molar-refractivity contribution is -0.109. The molecule has 3 rings (SSSR count). The molecule has 0 fully saturated rings. The third-order valence-corrected chi connectivity index (χ3v) is 4.78. The van der Waals surface area contributed by atoms with Crippen molar-refractivity contribution in [1.82, 2.24) is 9.97 Å². The van der Waals surface area contributed by atoms with E-state index in [0.717, 1.165) is 46.8 Å². The Morgan fingerprint density at radius 1 is 1.32 bits per heavy atom. The Bertz CT molecular complexity index is 780. The Morgan fingerprint density at radius 3 is 2.82 bits per heavy atom. The highest BCUT2D eigenvalue weighted by atomic mass is 32.1. The number of carbonyl (C=O) groups excluding carboxylic acids is 1. The molecule has 0 saturated carbocycles. The van der Waals surface area contributed by atoms with Crippen molar-refractivity contribution in [3.63, 3.8) is 0 Å². The van der Waals surface area contributed by atoms with Crippen LogP contribution >= 0.6 is 11.3 Å². The Labute approximate surface area is 134 Å². The van der Waals surface area contributed by atoms with Gasteiger partial charge in [-0.05, 0) is 48.7 Å². The van der Waals surface area contributed by atoms with Crippen molar-refractivity contribution in [2.75, 3.05) is 0 Å². The van der Waals surface area contributed by atoms with E-state index < -0.39 is 0 Å². The van der Waals surface area contributed by atoms with E-state index in [4.69, 9.17) is 0 Å². The molecule has 0 radical (unpaired) electrons. The van der Waals surface area contributed by atoms with Crippen LogP contribution in [0.3, 0.4) is 0 Å². The molecule has 0 amide bonds. The van der Waals surface area contributed by atoms with Gasteiger partial charge in [0.15, 0.2) is 5.01 Å². The van der Waals surface area contributed by atoms with E-state index in [9.17, 15) is 4.79 Å². The van der Waals surface area contributed by atoms with Crippen LogP contribution in [0.4, 0.5) is 0 Å². The first-order chi connectivity index (χ1) is 10.5. The fourth-order valence-corrected chi connectivity index (χ4v) is 3.58. The number of thiazole rings is 1. The van der Waals surface area contributed by atoms with E-state index in [1.54, 1.807) is 11.3 Å². The number of carbonyl (C=O) groups is 1. The lowest BCUT2D eigenvalue weighted by Crippen LogP contribution is -2.27. The van der Waals surface area contributed by atoms with E-state index in [0.29, 0.717) is 0 Å². The summed E-state index contributed by atoms with van der Waals surface area (Å²) < 4.78 is 0. The fourth-order valence-electron chi connectivity index (χ4n) is 2.94. The zero-order chi connectivity index (χ0) is 15.7. The van der Waals surface area contributed by atoms with Crippen LogP contribution < -0.4 is 0 Å². The maximum Gasteiger partial charge on any atom is 0.167 e. The Balaban J connectivity index is 1.94. The summed E-state index contributed by atoms with van der Waals surface area (Å²) in [4.78, 5) is 20.4. The van der Waals surface area contributed by atoms with Gasteiger partial charge in [0, 0.05) is 22.7 Å². The second kappa shape index (κ2) is 5.66. The molecule has 3 nitrogen and oxygen atoms in total. The van der Waals surface area contributed by atoms with Crippen molar-refractivity contribution in [2.24, 2.45) is 5.41 Å². The van der Waals surface area contributed by atoms with Gasteiger partial charge < -0.3 is 4.79 Å². The van der Waals surface area contributed by atoms with Crippen LogP contribution in [0.5, 0.6) is 0 Å². The number of hydrogen-bond acceptors (Lipinski definition) is 4. The van der Waals surface area contributed by atoms with Gasteiger partial charge in [-0.1, -0.05) is 19.9 Å². The van der Waals surface area contributed by atoms with E-state index in [1.165, 1.54) is 0 Å². The molecule has 2 heterocycles. The lowest BCUT2D eigenvalue weighted by Gasteiger charge is -2.34. The predicted octanol–water partition coefficient (Wildman–Crippen LogP) is 3.50. The van der Waals surface area contributed by atoms with Gasteiger partial charge in [-0.3, -0.25) is 0 Å². The average molecular weight is 310 g/mol. The molecule has 1 aliphatic carbocycles. The van der Waals surface area contributed by atoms with Gasteiger partial charge in [0.25, 0.3) is 0 Å². The summed E-state index contributed by atoms with van der Waals surface area (Å²) in [6.45, 7) is 6.33. The average Bonchev–Trinajstić information content (AvgIpc) is 2.88. The van der Waals surface area contributed by atoms with Crippen LogP contribution in [0, 0.1) is 24.2 Å². The number of fused-ring (bicyclic) bond motifs is 1. The van der Waals surface area contributed by atoms with Gasteiger partial charge in [0.2, 0.25) is 0 Å². The van der Waals surface area contributed by atoms with Gasteiger partial charge in [-0.15, -0.1) is 11.3 Å².